The molecule has 37 heavy (non-hydrogen) atoms. The molecule has 0 radical (unpaired) electrons. The summed E-state index contributed by atoms with van der Waals surface area (Å²) in [6.07, 6.45) is 1.50. The zero-order valence-corrected chi connectivity index (χ0v) is 20.9. The lowest BCUT2D eigenvalue weighted by molar-refractivity contribution is -0.138. The number of hydrogen-bond donors (Lipinski definition) is 2. The Morgan fingerprint density at radius 1 is 0.838 bits per heavy atom. The van der Waals surface area contributed by atoms with E-state index in [4.69, 9.17) is 16.0 Å². The Morgan fingerprint density at radius 3 is 2.24 bits per heavy atom. The zero-order chi connectivity index (χ0) is 25.8. The smallest absolute Gasteiger partial charge is 0.278 e. The van der Waals surface area contributed by atoms with Crippen molar-refractivity contribution < 1.29 is 18.8 Å². The first kappa shape index (κ1) is 24.4. The number of nitrogens with one attached hydrogen (secondary N) is 2. The second-order valence-corrected chi connectivity index (χ2v) is 9.58. The zero-order valence-electron chi connectivity index (χ0n) is 19.3. The summed E-state index contributed by atoms with van der Waals surface area (Å²) in [5, 5.41) is 6.49. The van der Waals surface area contributed by atoms with Gasteiger partial charge in [-0.3, -0.25) is 19.3 Å². The minimum atomic E-state index is -0.431. The number of imide groups is 1. The van der Waals surface area contributed by atoms with Crippen molar-refractivity contribution in [1.82, 2.24) is 4.90 Å². The number of rotatable bonds is 8. The van der Waals surface area contributed by atoms with Crippen LogP contribution in [0.5, 0.6) is 0 Å². The van der Waals surface area contributed by atoms with Crippen molar-refractivity contribution in [1.29, 1.82) is 0 Å². The van der Waals surface area contributed by atoms with E-state index in [9.17, 15) is 14.4 Å². The summed E-state index contributed by atoms with van der Waals surface area (Å²) < 4.78 is 5.35. The number of furan rings is 1. The van der Waals surface area contributed by atoms with E-state index in [0.29, 0.717) is 27.7 Å². The number of carbonyl (C=O) groups is 3. The van der Waals surface area contributed by atoms with E-state index in [1.807, 2.05) is 30.3 Å². The number of carbonyl (C=O) groups excluding carboxylic acids is 3. The SMILES string of the molecule is O=C(Nc1ccc(SC2=C(Nc3ccccc3)C(=O)N(Cc3ccco3)C2=O)cc1)c1ccc(Cl)cc1. The summed E-state index contributed by atoms with van der Waals surface area (Å²) in [5.41, 5.74) is 1.97. The maximum Gasteiger partial charge on any atom is 0.278 e. The quantitative estimate of drug-likeness (QED) is 0.265. The van der Waals surface area contributed by atoms with Crippen LogP contribution in [0, 0.1) is 0 Å². The van der Waals surface area contributed by atoms with Crippen LogP contribution in [0.4, 0.5) is 11.4 Å². The van der Waals surface area contributed by atoms with Gasteiger partial charge < -0.3 is 15.1 Å². The van der Waals surface area contributed by atoms with Crippen molar-refractivity contribution in [2.45, 2.75) is 11.4 Å². The topological polar surface area (TPSA) is 91.7 Å². The van der Waals surface area contributed by atoms with Crippen molar-refractivity contribution in [3.8, 4) is 0 Å². The molecule has 0 atom stereocenters. The normalized spacial score (nSPS) is 13.3. The molecule has 0 saturated carbocycles. The first-order valence-corrected chi connectivity index (χ1v) is 12.5. The highest BCUT2D eigenvalue weighted by Gasteiger charge is 2.39. The van der Waals surface area contributed by atoms with Gasteiger partial charge in [-0.1, -0.05) is 41.6 Å². The van der Waals surface area contributed by atoms with E-state index in [0.717, 1.165) is 9.80 Å². The lowest BCUT2D eigenvalue weighted by Gasteiger charge is -2.13. The first-order chi connectivity index (χ1) is 18.0. The molecule has 1 aromatic heterocycles. The van der Waals surface area contributed by atoms with Crippen LogP contribution >= 0.6 is 23.4 Å². The molecule has 184 valence electrons. The van der Waals surface area contributed by atoms with Crippen molar-refractivity contribution in [2.24, 2.45) is 0 Å². The average Bonchev–Trinajstić information content (AvgIpc) is 3.50. The second kappa shape index (κ2) is 10.8. The molecule has 1 aliphatic heterocycles. The van der Waals surface area contributed by atoms with Crippen LogP contribution in [-0.4, -0.2) is 22.6 Å². The average molecular weight is 530 g/mol. The summed E-state index contributed by atoms with van der Waals surface area (Å²) in [6.45, 7) is 0.0321. The van der Waals surface area contributed by atoms with Crippen molar-refractivity contribution >= 4 is 52.5 Å². The number of benzene rings is 3. The second-order valence-electron chi connectivity index (χ2n) is 8.06. The number of amides is 3. The third-order valence-corrected chi connectivity index (χ3v) is 6.84. The number of halogens is 1. The van der Waals surface area contributed by atoms with Crippen LogP contribution in [0.15, 0.2) is 117 Å². The fourth-order valence-electron chi connectivity index (χ4n) is 3.66. The predicted octanol–water partition coefficient (Wildman–Crippen LogP) is 6.17. The number of para-hydroxylation sites is 1. The van der Waals surface area contributed by atoms with Crippen molar-refractivity contribution in [2.75, 3.05) is 10.6 Å². The Bertz CT molecular complexity index is 1470. The summed E-state index contributed by atoms with van der Waals surface area (Å²) >= 11 is 7.07. The minimum absolute atomic E-state index is 0.0321. The van der Waals surface area contributed by atoms with Gasteiger partial charge in [0.05, 0.1) is 12.8 Å². The highest BCUT2D eigenvalue weighted by Crippen LogP contribution is 2.37. The molecule has 7 nitrogen and oxygen atoms in total. The first-order valence-electron chi connectivity index (χ1n) is 11.3. The van der Waals surface area contributed by atoms with Crippen LogP contribution in [0.3, 0.4) is 0 Å². The molecule has 0 unspecified atom stereocenters. The number of thioether (sulfide) groups is 1. The standard InChI is InChI=1S/C28H20ClN3O4S/c29-19-10-8-18(9-11-19)26(33)31-21-12-14-23(15-13-21)37-25-24(30-20-5-2-1-3-6-20)27(34)32(28(25)35)17-22-7-4-16-36-22/h1-16,30H,17H2,(H,31,33). The minimum Gasteiger partial charge on any atom is -0.467 e. The monoisotopic (exact) mass is 529 g/mol. The molecular formula is C28H20ClN3O4S. The van der Waals surface area contributed by atoms with Crippen LogP contribution in [0.25, 0.3) is 0 Å². The Hall–Kier alpha value is -4.27. The molecule has 0 aliphatic carbocycles. The molecular weight excluding hydrogens is 510 g/mol. The van der Waals surface area contributed by atoms with Gasteiger partial charge in [-0.15, -0.1) is 0 Å². The molecule has 3 aromatic carbocycles. The molecule has 0 spiro atoms. The van der Waals surface area contributed by atoms with E-state index in [2.05, 4.69) is 10.6 Å². The van der Waals surface area contributed by atoms with Gasteiger partial charge in [-0.05, 0) is 72.8 Å². The fourth-order valence-corrected chi connectivity index (χ4v) is 4.73. The van der Waals surface area contributed by atoms with E-state index in [1.54, 1.807) is 60.7 Å². The molecule has 2 N–H and O–H groups in total. The Kier molecular flexibility index (Phi) is 7.11. The van der Waals surface area contributed by atoms with Gasteiger partial charge in [-0.2, -0.15) is 0 Å². The molecule has 2 heterocycles. The molecule has 3 amide bonds. The molecule has 0 fully saturated rings. The predicted molar refractivity (Wildman–Crippen MR) is 143 cm³/mol. The highest BCUT2D eigenvalue weighted by molar-refractivity contribution is 8.04. The Morgan fingerprint density at radius 2 is 1.57 bits per heavy atom. The maximum atomic E-state index is 13.3. The summed E-state index contributed by atoms with van der Waals surface area (Å²) in [7, 11) is 0. The molecule has 0 saturated heterocycles. The Balaban J connectivity index is 1.35. The van der Waals surface area contributed by atoms with Gasteiger partial charge in [0.25, 0.3) is 17.7 Å². The van der Waals surface area contributed by atoms with Gasteiger partial charge in [0, 0.05) is 26.9 Å². The van der Waals surface area contributed by atoms with Gasteiger partial charge >= 0.3 is 0 Å². The van der Waals surface area contributed by atoms with E-state index >= 15 is 0 Å². The summed E-state index contributed by atoms with van der Waals surface area (Å²) in [6, 6.07) is 26.3. The van der Waals surface area contributed by atoms with Gasteiger partial charge in [0.15, 0.2) is 0 Å². The molecule has 9 heteroatoms. The lowest BCUT2D eigenvalue weighted by atomic mass is 10.2. The third-order valence-electron chi connectivity index (χ3n) is 5.50. The lowest BCUT2D eigenvalue weighted by Crippen LogP contribution is -2.31. The van der Waals surface area contributed by atoms with E-state index in [-0.39, 0.29) is 23.1 Å². The molecule has 1 aliphatic rings. The van der Waals surface area contributed by atoms with Crippen molar-refractivity contribution in [3.63, 3.8) is 0 Å². The number of nitrogens with zero attached hydrogens (tertiary/aromatic N) is 1. The van der Waals surface area contributed by atoms with E-state index in [1.165, 1.54) is 18.0 Å². The maximum absolute atomic E-state index is 13.3. The van der Waals surface area contributed by atoms with E-state index < -0.39 is 11.8 Å². The summed E-state index contributed by atoms with van der Waals surface area (Å²) in [4.78, 5) is 41.2. The molecule has 0 bridgehead atoms. The highest BCUT2D eigenvalue weighted by atomic mass is 35.5. The van der Waals surface area contributed by atoms with Gasteiger partial charge in [-0.25, -0.2) is 0 Å². The van der Waals surface area contributed by atoms with Crippen molar-refractivity contribution in [3.05, 3.63) is 124 Å². The molecule has 4 aromatic rings. The summed E-state index contributed by atoms with van der Waals surface area (Å²) in [5.74, 6) is -0.600. The van der Waals surface area contributed by atoms with Gasteiger partial charge in [0.1, 0.15) is 16.4 Å². The number of hydrogen-bond acceptors (Lipinski definition) is 6. The fraction of sp³-hybridized carbons (Fsp3) is 0.0357. The van der Waals surface area contributed by atoms with Crippen LogP contribution < -0.4 is 10.6 Å². The largest absolute Gasteiger partial charge is 0.467 e. The Labute approximate surface area is 222 Å². The van der Waals surface area contributed by atoms with Crippen LogP contribution in [-0.2, 0) is 16.1 Å². The molecule has 5 rings (SSSR count). The third kappa shape index (κ3) is 5.61. The van der Waals surface area contributed by atoms with Crippen LogP contribution in [0.1, 0.15) is 16.1 Å². The number of anilines is 2. The van der Waals surface area contributed by atoms with Gasteiger partial charge in [0.2, 0.25) is 0 Å². The van der Waals surface area contributed by atoms with Crippen LogP contribution in [0.2, 0.25) is 5.02 Å².